The van der Waals surface area contributed by atoms with E-state index >= 15 is 0 Å². The van der Waals surface area contributed by atoms with Crippen molar-refractivity contribution < 1.29 is 26.4 Å². The Morgan fingerprint density at radius 2 is 1.77 bits per heavy atom. The molecular weight excluding hydrogens is 464 g/mol. The van der Waals surface area contributed by atoms with Gasteiger partial charge in [0.1, 0.15) is 0 Å². The van der Waals surface area contributed by atoms with Crippen LogP contribution >= 0.6 is 23.2 Å². The van der Waals surface area contributed by atoms with Gasteiger partial charge in [-0.2, -0.15) is 17.5 Å². The van der Waals surface area contributed by atoms with Crippen LogP contribution in [0.15, 0.2) is 47.4 Å². The van der Waals surface area contributed by atoms with E-state index in [0.29, 0.717) is 17.9 Å². The Hall–Kier alpha value is -1.81. The molecule has 0 spiro atoms. The third kappa shape index (κ3) is 5.08. The largest absolute Gasteiger partial charge is 0.417 e. The van der Waals surface area contributed by atoms with Crippen molar-refractivity contribution in [1.82, 2.24) is 4.31 Å². The van der Waals surface area contributed by atoms with E-state index in [2.05, 4.69) is 5.32 Å². The monoisotopic (exact) mass is 480 g/mol. The van der Waals surface area contributed by atoms with E-state index in [9.17, 15) is 26.4 Å². The molecule has 3 rings (SSSR count). The normalized spacial score (nSPS) is 18.2. The molecular formula is C19H17Cl2F3N2O3S. The van der Waals surface area contributed by atoms with Crippen LogP contribution < -0.4 is 5.32 Å². The minimum atomic E-state index is -4.66. The first kappa shape index (κ1) is 22.9. The molecule has 30 heavy (non-hydrogen) atoms. The highest BCUT2D eigenvalue weighted by molar-refractivity contribution is 7.89. The zero-order valence-corrected chi connectivity index (χ0v) is 17.7. The summed E-state index contributed by atoms with van der Waals surface area (Å²) >= 11 is 11.4. The summed E-state index contributed by atoms with van der Waals surface area (Å²) in [7, 11) is -3.82. The van der Waals surface area contributed by atoms with Crippen LogP contribution in [0.4, 0.5) is 18.9 Å². The minimum Gasteiger partial charge on any atom is -0.326 e. The second kappa shape index (κ2) is 8.74. The maximum atomic E-state index is 13.0. The summed E-state index contributed by atoms with van der Waals surface area (Å²) in [5.41, 5.74) is -1.12. The lowest BCUT2D eigenvalue weighted by molar-refractivity contribution is -0.137. The fourth-order valence-corrected chi connectivity index (χ4v) is 5.07. The number of rotatable bonds is 4. The molecule has 0 aliphatic carbocycles. The standard InChI is InChI=1S/C19H17Cl2F3N2O3S/c20-13-3-6-15(7-4-13)30(28,29)26-9-1-2-12(11-26)18(27)25-14-5-8-17(21)16(10-14)19(22,23)24/h3-8,10,12H,1-2,9,11H2,(H,25,27)/t12-/m0/s1. The van der Waals surface area contributed by atoms with Crippen LogP contribution in [-0.4, -0.2) is 31.7 Å². The highest BCUT2D eigenvalue weighted by atomic mass is 35.5. The number of carbonyl (C=O) groups excluding carboxylic acids is 1. The fraction of sp³-hybridized carbons (Fsp3) is 0.316. The number of hydrogen-bond donors (Lipinski definition) is 1. The number of sulfonamides is 1. The summed E-state index contributed by atoms with van der Waals surface area (Å²) in [5.74, 6) is -1.26. The van der Waals surface area contributed by atoms with Crippen LogP contribution in [-0.2, 0) is 21.0 Å². The van der Waals surface area contributed by atoms with Crippen molar-refractivity contribution in [2.45, 2.75) is 23.9 Å². The van der Waals surface area contributed by atoms with Gasteiger partial charge in [-0.25, -0.2) is 8.42 Å². The highest BCUT2D eigenvalue weighted by Crippen LogP contribution is 2.36. The highest BCUT2D eigenvalue weighted by Gasteiger charge is 2.35. The average Bonchev–Trinajstić information content (AvgIpc) is 2.69. The van der Waals surface area contributed by atoms with Gasteiger partial charge in [-0.05, 0) is 55.3 Å². The van der Waals surface area contributed by atoms with E-state index in [-0.39, 0.29) is 23.7 Å². The number of anilines is 1. The summed E-state index contributed by atoms with van der Waals surface area (Å²) < 4.78 is 65.9. The van der Waals surface area contributed by atoms with Crippen LogP contribution in [0.3, 0.4) is 0 Å². The van der Waals surface area contributed by atoms with E-state index in [0.717, 1.165) is 12.1 Å². The summed E-state index contributed by atoms with van der Waals surface area (Å²) in [6.45, 7) is 0.171. The number of carbonyl (C=O) groups is 1. The molecule has 1 N–H and O–H groups in total. The molecule has 1 amide bonds. The Bertz CT molecular complexity index is 1040. The van der Waals surface area contributed by atoms with Gasteiger partial charge in [0, 0.05) is 23.8 Å². The SMILES string of the molecule is O=C(Nc1ccc(Cl)c(C(F)(F)F)c1)[C@H]1CCCN(S(=O)(=O)c2ccc(Cl)cc2)C1. The maximum absolute atomic E-state index is 13.0. The molecule has 162 valence electrons. The lowest BCUT2D eigenvalue weighted by atomic mass is 9.98. The van der Waals surface area contributed by atoms with Crippen molar-refractivity contribution in [3.8, 4) is 0 Å². The maximum Gasteiger partial charge on any atom is 0.417 e. The number of nitrogens with zero attached hydrogens (tertiary/aromatic N) is 1. The van der Waals surface area contributed by atoms with Gasteiger partial charge < -0.3 is 5.32 Å². The van der Waals surface area contributed by atoms with Crippen molar-refractivity contribution in [3.63, 3.8) is 0 Å². The van der Waals surface area contributed by atoms with E-state index in [1.54, 1.807) is 0 Å². The molecule has 0 aromatic heterocycles. The number of alkyl halides is 3. The number of piperidine rings is 1. The number of halogens is 5. The van der Waals surface area contributed by atoms with Crippen molar-refractivity contribution in [1.29, 1.82) is 0 Å². The molecule has 0 unspecified atom stereocenters. The van der Waals surface area contributed by atoms with E-state index in [4.69, 9.17) is 23.2 Å². The predicted octanol–water partition coefficient (Wildman–Crippen LogP) is 5.05. The molecule has 2 aromatic carbocycles. The first-order chi connectivity index (χ1) is 14.0. The first-order valence-electron chi connectivity index (χ1n) is 8.92. The van der Waals surface area contributed by atoms with Crippen molar-refractivity contribution in [2.24, 2.45) is 5.92 Å². The molecule has 2 aromatic rings. The topological polar surface area (TPSA) is 66.5 Å². The van der Waals surface area contributed by atoms with Crippen LogP contribution in [0.2, 0.25) is 10.0 Å². The Balaban J connectivity index is 1.74. The summed E-state index contributed by atoms with van der Waals surface area (Å²) in [4.78, 5) is 12.7. The van der Waals surface area contributed by atoms with Gasteiger partial charge in [0.05, 0.1) is 21.4 Å². The predicted molar refractivity (Wildman–Crippen MR) is 108 cm³/mol. The molecule has 0 saturated carbocycles. The second-order valence-corrected chi connectivity index (χ2v) is 9.62. The molecule has 1 atom stereocenters. The Morgan fingerprint density at radius 3 is 2.40 bits per heavy atom. The molecule has 1 saturated heterocycles. The van der Waals surface area contributed by atoms with Gasteiger partial charge >= 0.3 is 6.18 Å². The van der Waals surface area contributed by atoms with Gasteiger partial charge in [0.15, 0.2) is 0 Å². The van der Waals surface area contributed by atoms with Crippen LogP contribution in [0.5, 0.6) is 0 Å². The molecule has 11 heteroatoms. The Kier molecular flexibility index (Phi) is 6.66. The number of hydrogen-bond acceptors (Lipinski definition) is 3. The molecule has 1 aliphatic rings. The van der Waals surface area contributed by atoms with Gasteiger partial charge in [-0.15, -0.1) is 0 Å². The molecule has 0 radical (unpaired) electrons. The van der Waals surface area contributed by atoms with Crippen LogP contribution in [0.1, 0.15) is 18.4 Å². The lowest BCUT2D eigenvalue weighted by Crippen LogP contribution is -2.43. The second-order valence-electron chi connectivity index (χ2n) is 6.84. The molecule has 1 fully saturated rings. The first-order valence-corrected chi connectivity index (χ1v) is 11.1. The van der Waals surface area contributed by atoms with Gasteiger partial charge in [-0.1, -0.05) is 23.2 Å². The van der Waals surface area contributed by atoms with Gasteiger partial charge in [0.25, 0.3) is 0 Å². The van der Waals surface area contributed by atoms with Crippen molar-refractivity contribution in [3.05, 3.63) is 58.1 Å². The third-order valence-corrected chi connectivity index (χ3v) is 7.21. The van der Waals surface area contributed by atoms with Gasteiger partial charge in [-0.3, -0.25) is 4.79 Å². The lowest BCUT2D eigenvalue weighted by Gasteiger charge is -2.31. The molecule has 1 heterocycles. The fourth-order valence-electron chi connectivity index (χ4n) is 3.19. The Morgan fingerprint density at radius 1 is 1.10 bits per heavy atom. The van der Waals surface area contributed by atoms with E-state index < -0.39 is 38.6 Å². The van der Waals surface area contributed by atoms with Crippen LogP contribution in [0, 0.1) is 5.92 Å². The quantitative estimate of drug-likeness (QED) is 0.665. The summed E-state index contributed by atoms with van der Waals surface area (Å²) in [6.07, 6.45) is -3.80. The number of nitrogens with one attached hydrogen (secondary N) is 1. The zero-order chi connectivity index (χ0) is 22.1. The molecule has 1 aliphatic heterocycles. The number of benzene rings is 2. The average molecular weight is 481 g/mol. The molecule has 5 nitrogen and oxygen atoms in total. The Labute approximate surface area is 181 Å². The number of amides is 1. The van der Waals surface area contributed by atoms with Crippen molar-refractivity contribution >= 4 is 44.8 Å². The smallest absolute Gasteiger partial charge is 0.326 e. The summed E-state index contributed by atoms with van der Waals surface area (Å²) in [6, 6.07) is 8.76. The third-order valence-electron chi connectivity index (χ3n) is 4.75. The van der Waals surface area contributed by atoms with E-state index in [1.165, 1.54) is 34.6 Å². The van der Waals surface area contributed by atoms with Gasteiger partial charge in [0.2, 0.25) is 15.9 Å². The zero-order valence-electron chi connectivity index (χ0n) is 15.4. The minimum absolute atomic E-state index is 0.0560. The molecule has 0 bridgehead atoms. The van der Waals surface area contributed by atoms with Crippen molar-refractivity contribution in [2.75, 3.05) is 18.4 Å². The summed E-state index contributed by atoms with van der Waals surface area (Å²) in [5, 5.41) is 2.35. The van der Waals surface area contributed by atoms with Crippen LogP contribution in [0.25, 0.3) is 0 Å². The van der Waals surface area contributed by atoms with E-state index in [1.807, 2.05) is 0 Å².